The van der Waals surface area contributed by atoms with Crippen molar-refractivity contribution in [2.24, 2.45) is 0 Å². The summed E-state index contributed by atoms with van der Waals surface area (Å²) in [6, 6.07) is 19.5. The number of aliphatic hydroxyl groups is 1. The van der Waals surface area contributed by atoms with Crippen LogP contribution >= 0.6 is 0 Å². The zero-order valence-electron chi connectivity index (χ0n) is 22.0. The number of amides is 1. The molecular weight excluding hydrogens is 470 g/mol. The number of carbonyl (C=O) groups excluding carboxylic acids is 1. The molecule has 0 unspecified atom stereocenters. The van der Waals surface area contributed by atoms with Gasteiger partial charge in [0.2, 0.25) is 5.88 Å². The van der Waals surface area contributed by atoms with Crippen molar-refractivity contribution in [1.82, 2.24) is 15.5 Å². The van der Waals surface area contributed by atoms with Gasteiger partial charge in [0, 0.05) is 30.4 Å². The van der Waals surface area contributed by atoms with E-state index in [0.29, 0.717) is 17.3 Å². The second kappa shape index (κ2) is 10.8. The number of benzene rings is 2. The molecule has 4 rings (SSSR count). The van der Waals surface area contributed by atoms with E-state index in [1.165, 1.54) is 0 Å². The Labute approximate surface area is 218 Å². The smallest absolute Gasteiger partial charge is 0.407 e. The standard InChI is InChI=1S/C29H35N3O5/c1-28(2,3)37-27(34)30-22-16-25(17-22)35-23-11-6-19(7-12-23)29(4,5)20-8-13-24(14-9-20)36-26-15-10-21(18-33)31-32-26/h6-15,22,25,33H,16-18H2,1-5H3,(H,30,34). The average molecular weight is 506 g/mol. The lowest BCUT2D eigenvalue weighted by Crippen LogP contribution is -2.50. The molecule has 0 saturated heterocycles. The fourth-order valence-electron chi connectivity index (χ4n) is 4.11. The second-order valence-corrected chi connectivity index (χ2v) is 10.9. The third-order valence-corrected chi connectivity index (χ3v) is 6.35. The van der Waals surface area contributed by atoms with Crippen molar-refractivity contribution in [2.75, 3.05) is 0 Å². The number of rotatable bonds is 8. The van der Waals surface area contributed by atoms with Crippen molar-refractivity contribution in [3.63, 3.8) is 0 Å². The van der Waals surface area contributed by atoms with Gasteiger partial charge >= 0.3 is 6.09 Å². The number of carbonyl (C=O) groups is 1. The predicted octanol–water partition coefficient (Wildman–Crippen LogP) is 5.52. The van der Waals surface area contributed by atoms with Crippen molar-refractivity contribution >= 4 is 6.09 Å². The Morgan fingerprint density at radius 2 is 1.49 bits per heavy atom. The highest BCUT2D eigenvalue weighted by Crippen LogP contribution is 2.34. The Balaban J connectivity index is 1.30. The zero-order chi connectivity index (χ0) is 26.6. The molecule has 37 heavy (non-hydrogen) atoms. The number of nitrogens with one attached hydrogen (secondary N) is 1. The van der Waals surface area contributed by atoms with Gasteiger partial charge in [0.15, 0.2) is 0 Å². The third-order valence-electron chi connectivity index (χ3n) is 6.35. The fraction of sp³-hybridized carbons (Fsp3) is 0.414. The molecule has 196 valence electrons. The topological polar surface area (TPSA) is 103 Å². The first kappa shape index (κ1) is 26.4. The Kier molecular flexibility index (Phi) is 7.68. The summed E-state index contributed by atoms with van der Waals surface area (Å²) in [5.41, 5.74) is 2.08. The molecular formula is C29H35N3O5. The molecule has 1 saturated carbocycles. The summed E-state index contributed by atoms with van der Waals surface area (Å²) in [6.45, 7) is 9.76. The number of nitrogens with zero attached hydrogens (tertiary/aromatic N) is 2. The molecule has 3 aromatic rings. The highest BCUT2D eigenvalue weighted by Gasteiger charge is 2.33. The molecule has 2 N–H and O–H groups in total. The molecule has 0 spiro atoms. The van der Waals surface area contributed by atoms with E-state index in [2.05, 4.69) is 41.5 Å². The van der Waals surface area contributed by atoms with E-state index >= 15 is 0 Å². The predicted molar refractivity (Wildman–Crippen MR) is 140 cm³/mol. The quantitative estimate of drug-likeness (QED) is 0.415. The number of hydrogen-bond donors (Lipinski definition) is 2. The minimum absolute atomic E-state index is 0.0795. The minimum Gasteiger partial charge on any atom is -0.490 e. The third kappa shape index (κ3) is 6.98. The summed E-state index contributed by atoms with van der Waals surface area (Å²) in [5.74, 6) is 1.85. The van der Waals surface area contributed by atoms with Crippen molar-refractivity contribution in [1.29, 1.82) is 0 Å². The van der Waals surface area contributed by atoms with Gasteiger partial charge < -0.3 is 24.6 Å². The first-order chi connectivity index (χ1) is 17.5. The molecule has 8 nitrogen and oxygen atoms in total. The number of aliphatic hydroxyl groups excluding tert-OH is 1. The molecule has 2 aromatic carbocycles. The lowest BCUT2D eigenvalue weighted by molar-refractivity contribution is 0.0363. The van der Waals surface area contributed by atoms with E-state index in [0.717, 1.165) is 29.7 Å². The molecule has 0 radical (unpaired) electrons. The SMILES string of the molecule is CC(C)(C)OC(=O)NC1CC(Oc2ccc(C(C)(C)c3ccc(Oc4ccc(CO)nn4)cc3)cc2)C1. The van der Waals surface area contributed by atoms with E-state index in [4.69, 9.17) is 19.3 Å². The Morgan fingerprint density at radius 1 is 0.892 bits per heavy atom. The molecule has 1 amide bonds. The van der Waals surface area contributed by atoms with Crippen LogP contribution in [0.1, 0.15) is 64.3 Å². The maximum atomic E-state index is 11.9. The zero-order valence-corrected chi connectivity index (χ0v) is 22.0. The van der Waals surface area contributed by atoms with Crippen molar-refractivity contribution in [3.05, 3.63) is 77.5 Å². The van der Waals surface area contributed by atoms with E-state index < -0.39 is 5.60 Å². The summed E-state index contributed by atoms with van der Waals surface area (Å²) in [4.78, 5) is 11.9. The lowest BCUT2D eigenvalue weighted by atomic mass is 9.78. The largest absolute Gasteiger partial charge is 0.490 e. The van der Waals surface area contributed by atoms with Gasteiger partial charge in [-0.15, -0.1) is 10.2 Å². The number of alkyl carbamates (subject to hydrolysis) is 1. The monoisotopic (exact) mass is 505 g/mol. The normalized spacial score (nSPS) is 17.5. The lowest BCUT2D eigenvalue weighted by Gasteiger charge is -2.36. The van der Waals surface area contributed by atoms with Crippen LogP contribution in [-0.2, 0) is 16.8 Å². The van der Waals surface area contributed by atoms with Gasteiger partial charge in [0.1, 0.15) is 23.2 Å². The molecule has 1 aromatic heterocycles. The Morgan fingerprint density at radius 3 is 2.00 bits per heavy atom. The van der Waals surface area contributed by atoms with Crippen LogP contribution in [0.5, 0.6) is 17.4 Å². The van der Waals surface area contributed by atoms with Crippen LogP contribution in [0.2, 0.25) is 0 Å². The van der Waals surface area contributed by atoms with Crippen LogP contribution in [-0.4, -0.2) is 39.1 Å². The Hall–Kier alpha value is -3.65. The highest BCUT2D eigenvalue weighted by molar-refractivity contribution is 5.68. The van der Waals surface area contributed by atoms with Gasteiger partial charge in [-0.3, -0.25) is 0 Å². The van der Waals surface area contributed by atoms with Crippen molar-refractivity contribution in [2.45, 2.75) is 77.2 Å². The first-order valence-electron chi connectivity index (χ1n) is 12.5. The van der Waals surface area contributed by atoms with Gasteiger partial charge in [-0.1, -0.05) is 38.1 Å². The summed E-state index contributed by atoms with van der Waals surface area (Å²) >= 11 is 0. The van der Waals surface area contributed by atoms with E-state index in [1.54, 1.807) is 12.1 Å². The van der Waals surface area contributed by atoms with E-state index in [1.807, 2.05) is 57.2 Å². The number of aromatic nitrogens is 2. The fourth-order valence-corrected chi connectivity index (χ4v) is 4.11. The van der Waals surface area contributed by atoms with Gasteiger partial charge in [-0.05, 0) is 62.2 Å². The molecule has 8 heteroatoms. The summed E-state index contributed by atoms with van der Waals surface area (Å²) in [7, 11) is 0. The van der Waals surface area contributed by atoms with Crippen LogP contribution in [0.15, 0.2) is 60.7 Å². The summed E-state index contributed by atoms with van der Waals surface area (Å²) in [6.07, 6.45) is 1.22. The molecule has 0 aliphatic heterocycles. The van der Waals surface area contributed by atoms with Crippen molar-refractivity contribution < 1.29 is 24.1 Å². The van der Waals surface area contributed by atoms with E-state index in [-0.39, 0.29) is 30.3 Å². The van der Waals surface area contributed by atoms with Gasteiger partial charge in [0.25, 0.3) is 0 Å². The van der Waals surface area contributed by atoms with Crippen LogP contribution < -0.4 is 14.8 Å². The molecule has 1 aliphatic carbocycles. The molecule has 0 atom stereocenters. The minimum atomic E-state index is -0.502. The van der Waals surface area contributed by atoms with Gasteiger partial charge in [-0.2, -0.15) is 0 Å². The van der Waals surface area contributed by atoms with E-state index in [9.17, 15) is 4.79 Å². The van der Waals surface area contributed by atoms with Gasteiger partial charge in [-0.25, -0.2) is 4.79 Å². The summed E-state index contributed by atoms with van der Waals surface area (Å²) in [5, 5.41) is 19.8. The average Bonchev–Trinajstić information content (AvgIpc) is 2.83. The van der Waals surface area contributed by atoms with Gasteiger partial charge in [0.05, 0.1) is 12.3 Å². The summed E-state index contributed by atoms with van der Waals surface area (Å²) < 4.78 is 17.2. The van der Waals surface area contributed by atoms with Crippen LogP contribution in [0.3, 0.4) is 0 Å². The van der Waals surface area contributed by atoms with Crippen LogP contribution in [0.4, 0.5) is 4.79 Å². The maximum absolute atomic E-state index is 11.9. The second-order valence-electron chi connectivity index (χ2n) is 10.9. The molecule has 1 aliphatic rings. The van der Waals surface area contributed by atoms with Crippen LogP contribution in [0, 0.1) is 0 Å². The molecule has 1 fully saturated rings. The molecule has 0 bridgehead atoms. The van der Waals surface area contributed by atoms with Crippen molar-refractivity contribution in [3.8, 4) is 17.4 Å². The highest BCUT2D eigenvalue weighted by atomic mass is 16.6. The maximum Gasteiger partial charge on any atom is 0.407 e. The first-order valence-corrected chi connectivity index (χ1v) is 12.5. The Bertz CT molecular complexity index is 1180. The number of hydrogen-bond acceptors (Lipinski definition) is 7. The number of ether oxygens (including phenoxy) is 3. The van der Waals surface area contributed by atoms with Crippen LogP contribution in [0.25, 0.3) is 0 Å². The molecule has 1 heterocycles.